The summed E-state index contributed by atoms with van der Waals surface area (Å²) in [5, 5.41) is 3.43. The van der Waals surface area contributed by atoms with Gasteiger partial charge in [0.05, 0.1) is 0 Å². The number of nitrogens with one attached hydrogen (secondary N) is 1. The summed E-state index contributed by atoms with van der Waals surface area (Å²) in [6.07, 6.45) is 1.09. The standard InChI is InChI=1S/C19H23NO/c1-12-9-13(2)19(14(3)10-12)18-11-16(20-4)15-7-5-6-8-17(15)21-18/h5-10,16,18,20H,11H2,1-4H3. The van der Waals surface area contributed by atoms with E-state index in [0.717, 1.165) is 12.2 Å². The van der Waals surface area contributed by atoms with Gasteiger partial charge in [-0.25, -0.2) is 0 Å². The number of benzene rings is 2. The van der Waals surface area contributed by atoms with Crippen LogP contribution in [0.15, 0.2) is 36.4 Å². The van der Waals surface area contributed by atoms with E-state index in [4.69, 9.17) is 4.74 Å². The molecule has 21 heavy (non-hydrogen) atoms. The maximum atomic E-state index is 6.31. The molecule has 1 aliphatic heterocycles. The van der Waals surface area contributed by atoms with Crippen LogP contribution in [-0.2, 0) is 0 Å². The predicted molar refractivity (Wildman–Crippen MR) is 86.9 cm³/mol. The van der Waals surface area contributed by atoms with Gasteiger partial charge in [0.2, 0.25) is 0 Å². The Kier molecular flexibility index (Phi) is 3.73. The fraction of sp³-hybridized carbons (Fsp3) is 0.368. The zero-order chi connectivity index (χ0) is 15.0. The SMILES string of the molecule is CNC1CC(c2c(C)cc(C)cc2C)Oc2ccccc21. The molecule has 2 atom stereocenters. The van der Waals surface area contributed by atoms with Gasteiger partial charge in [0, 0.05) is 18.0 Å². The fourth-order valence-electron chi connectivity index (χ4n) is 3.57. The van der Waals surface area contributed by atoms with Gasteiger partial charge in [-0.15, -0.1) is 0 Å². The third kappa shape index (κ3) is 2.56. The third-order valence-corrected chi connectivity index (χ3v) is 4.42. The molecule has 0 fully saturated rings. The molecule has 0 bridgehead atoms. The summed E-state index contributed by atoms with van der Waals surface area (Å²) in [6, 6.07) is 13.2. The summed E-state index contributed by atoms with van der Waals surface area (Å²) in [6.45, 7) is 6.53. The maximum Gasteiger partial charge on any atom is 0.126 e. The van der Waals surface area contributed by atoms with Crippen LogP contribution in [0.2, 0.25) is 0 Å². The van der Waals surface area contributed by atoms with Crippen molar-refractivity contribution in [3.63, 3.8) is 0 Å². The average Bonchev–Trinajstić information content (AvgIpc) is 2.45. The van der Waals surface area contributed by atoms with Crippen molar-refractivity contribution in [1.82, 2.24) is 5.32 Å². The van der Waals surface area contributed by atoms with E-state index in [-0.39, 0.29) is 6.10 Å². The molecule has 0 radical (unpaired) electrons. The first-order valence-electron chi connectivity index (χ1n) is 7.60. The van der Waals surface area contributed by atoms with E-state index in [9.17, 15) is 0 Å². The Balaban J connectivity index is 2.03. The average molecular weight is 281 g/mol. The van der Waals surface area contributed by atoms with E-state index in [0.29, 0.717) is 6.04 Å². The van der Waals surface area contributed by atoms with E-state index in [1.807, 2.05) is 13.1 Å². The van der Waals surface area contributed by atoms with Gasteiger partial charge in [0.15, 0.2) is 0 Å². The lowest BCUT2D eigenvalue weighted by Crippen LogP contribution is -2.27. The van der Waals surface area contributed by atoms with Crippen molar-refractivity contribution in [3.05, 3.63) is 64.2 Å². The molecule has 0 saturated carbocycles. The third-order valence-electron chi connectivity index (χ3n) is 4.42. The first-order valence-corrected chi connectivity index (χ1v) is 7.60. The van der Waals surface area contributed by atoms with Crippen molar-refractivity contribution in [1.29, 1.82) is 0 Å². The van der Waals surface area contributed by atoms with Crippen LogP contribution in [0.25, 0.3) is 0 Å². The van der Waals surface area contributed by atoms with Crippen LogP contribution in [0.3, 0.4) is 0 Å². The van der Waals surface area contributed by atoms with Gasteiger partial charge >= 0.3 is 0 Å². The molecule has 1 N–H and O–H groups in total. The Morgan fingerprint density at radius 3 is 2.38 bits per heavy atom. The number of fused-ring (bicyclic) bond motifs is 1. The molecule has 2 unspecified atom stereocenters. The minimum absolute atomic E-state index is 0.123. The molecule has 0 aliphatic carbocycles. The molecule has 2 heteroatoms. The van der Waals surface area contributed by atoms with E-state index in [1.54, 1.807) is 0 Å². The smallest absolute Gasteiger partial charge is 0.126 e. The Labute approximate surface area is 127 Å². The fourth-order valence-corrected chi connectivity index (χ4v) is 3.57. The molecule has 0 saturated heterocycles. The zero-order valence-electron chi connectivity index (χ0n) is 13.2. The van der Waals surface area contributed by atoms with Gasteiger partial charge in [0.25, 0.3) is 0 Å². The number of para-hydroxylation sites is 1. The summed E-state index contributed by atoms with van der Waals surface area (Å²) < 4.78 is 6.31. The van der Waals surface area contributed by atoms with Crippen LogP contribution in [0.5, 0.6) is 5.75 Å². The molecule has 2 nitrogen and oxygen atoms in total. The second-order valence-corrected chi connectivity index (χ2v) is 6.03. The van der Waals surface area contributed by atoms with Gasteiger partial charge < -0.3 is 10.1 Å². The van der Waals surface area contributed by atoms with Crippen LogP contribution in [-0.4, -0.2) is 7.05 Å². The first kappa shape index (κ1) is 14.2. The number of hydrogen-bond donors (Lipinski definition) is 1. The highest BCUT2D eigenvalue weighted by Crippen LogP contribution is 2.42. The van der Waals surface area contributed by atoms with E-state index in [1.165, 1.54) is 27.8 Å². The van der Waals surface area contributed by atoms with Crippen molar-refractivity contribution in [3.8, 4) is 5.75 Å². The monoisotopic (exact) mass is 281 g/mol. The largest absolute Gasteiger partial charge is 0.485 e. The molecule has 1 aliphatic rings. The van der Waals surface area contributed by atoms with Crippen molar-refractivity contribution < 1.29 is 4.74 Å². The summed E-state index contributed by atoms with van der Waals surface area (Å²) in [4.78, 5) is 0. The van der Waals surface area contributed by atoms with Crippen molar-refractivity contribution in [2.24, 2.45) is 0 Å². The summed E-state index contributed by atoms with van der Waals surface area (Å²) in [5.41, 5.74) is 6.57. The molecular weight excluding hydrogens is 258 g/mol. The molecular formula is C19H23NO. The predicted octanol–water partition coefficient (Wildman–Crippen LogP) is 4.40. The van der Waals surface area contributed by atoms with Gasteiger partial charge in [-0.3, -0.25) is 0 Å². The van der Waals surface area contributed by atoms with E-state index in [2.05, 4.69) is 56.4 Å². The highest BCUT2D eigenvalue weighted by molar-refractivity contribution is 5.43. The van der Waals surface area contributed by atoms with Gasteiger partial charge in [-0.2, -0.15) is 0 Å². The lowest BCUT2D eigenvalue weighted by atomic mass is 9.88. The normalized spacial score (nSPS) is 20.8. The van der Waals surface area contributed by atoms with Crippen molar-refractivity contribution in [2.45, 2.75) is 39.3 Å². The zero-order valence-corrected chi connectivity index (χ0v) is 13.2. The Hall–Kier alpha value is -1.80. The first-order chi connectivity index (χ1) is 10.1. The van der Waals surface area contributed by atoms with Gasteiger partial charge in [-0.1, -0.05) is 35.9 Å². The lowest BCUT2D eigenvalue weighted by molar-refractivity contribution is 0.152. The topological polar surface area (TPSA) is 21.3 Å². The van der Waals surface area contributed by atoms with Crippen LogP contribution >= 0.6 is 0 Å². The lowest BCUT2D eigenvalue weighted by Gasteiger charge is -2.33. The summed E-state index contributed by atoms with van der Waals surface area (Å²) >= 11 is 0. The Bertz CT molecular complexity index is 639. The second kappa shape index (κ2) is 5.53. The molecule has 3 rings (SSSR count). The van der Waals surface area contributed by atoms with Crippen LogP contribution in [0.1, 0.15) is 46.4 Å². The van der Waals surface area contributed by atoms with Crippen LogP contribution < -0.4 is 10.1 Å². The van der Waals surface area contributed by atoms with Gasteiger partial charge in [-0.05, 0) is 50.6 Å². The highest BCUT2D eigenvalue weighted by Gasteiger charge is 2.29. The quantitative estimate of drug-likeness (QED) is 0.881. The van der Waals surface area contributed by atoms with E-state index >= 15 is 0 Å². The summed E-state index contributed by atoms with van der Waals surface area (Å²) in [7, 11) is 2.03. The Morgan fingerprint density at radius 1 is 1.05 bits per heavy atom. The number of aryl methyl sites for hydroxylation is 3. The molecule has 110 valence electrons. The Morgan fingerprint density at radius 2 is 1.71 bits per heavy atom. The van der Waals surface area contributed by atoms with Gasteiger partial charge in [0.1, 0.15) is 11.9 Å². The van der Waals surface area contributed by atoms with E-state index < -0.39 is 0 Å². The minimum atomic E-state index is 0.123. The number of rotatable bonds is 2. The molecule has 2 aromatic carbocycles. The highest BCUT2D eigenvalue weighted by atomic mass is 16.5. The summed E-state index contributed by atoms with van der Waals surface area (Å²) in [5.74, 6) is 1.01. The second-order valence-electron chi connectivity index (χ2n) is 6.03. The molecule has 1 heterocycles. The van der Waals surface area contributed by atoms with Crippen LogP contribution in [0.4, 0.5) is 0 Å². The van der Waals surface area contributed by atoms with Crippen molar-refractivity contribution in [2.75, 3.05) is 7.05 Å². The molecule has 0 aromatic heterocycles. The molecule has 2 aromatic rings. The molecule has 0 amide bonds. The van der Waals surface area contributed by atoms with Crippen molar-refractivity contribution >= 4 is 0 Å². The minimum Gasteiger partial charge on any atom is -0.485 e. The number of hydrogen-bond acceptors (Lipinski definition) is 2. The van der Waals surface area contributed by atoms with Crippen LogP contribution in [0, 0.1) is 20.8 Å². The maximum absolute atomic E-state index is 6.31. The number of ether oxygens (including phenoxy) is 1. The molecule has 0 spiro atoms.